The molecule has 1 heterocycles. The van der Waals surface area contributed by atoms with E-state index >= 15 is 0 Å². The molecule has 0 aliphatic carbocycles. The van der Waals surface area contributed by atoms with Gasteiger partial charge in [-0.2, -0.15) is 0 Å². The summed E-state index contributed by atoms with van der Waals surface area (Å²) < 4.78 is 30.3. The van der Waals surface area contributed by atoms with Gasteiger partial charge in [-0.15, -0.1) is 0 Å². The monoisotopic (exact) mass is 350 g/mol. The number of sulfone groups is 1. The molecule has 1 aliphatic rings. The van der Waals surface area contributed by atoms with Gasteiger partial charge in [0.1, 0.15) is 11.5 Å². The molecule has 0 saturated carbocycles. The molecule has 0 radical (unpaired) electrons. The number of ether oxygens (including phenoxy) is 1. The lowest BCUT2D eigenvalue weighted by Crippen LogP contribution is -2.42. The SMILES string of the molecule is B.CCOc1cccc2c1C(=O)C(C(C)=O)C(C)S2(=O)=O.F.F. The lowest BCUT2D eigenvalue weighted by Gasteiger charge is -2.28. The Kier molecular flexibility index (Phi) is 8.37. The van der Waals surface area contributed by atoms with Crippen LogP contribution in [0.15, 0.2) is 23.1 Å². The first-order valence-electron chi connectivity index (χ1n) is 6.36. The van der Waals surface area contributed by atoms with Gasteiger partial charge < -0.3 is 4.74 Å². The fourth-order valence-corrected chi connectivity index (χ4v) is 4.36. The number of rotatable bonds is 3. The lowest BCUT2D eigenvalue weighted by molar-refractivity contribution is -0.119. The third-order valence-corrected chi connectivity index (χ3v) is 5.72. The van der Waals surface area contributed by atoms with Crippen molar-refractivity contribution in [2.75, 3.05) is 6.61 Å². The van der Waals surface area contributed by atoms with Crippen LogP contribution in [0, 0.1) is 5.92 Å². The Labute approximate surface area is 135 Å². The average Bonchev–Trinajstić information content (AvgIpc) is 2.37. The molecule has 9 heteroatoms. The summed E-state index contributed by atoms with van der Waals surface area (Å²) in [6, 6.07) is 4.47. The summed E-state index contributed by atoms with van der Waals surface area (Å²) in [4.78, 5) is 24.1. The molecule has 0 N–H and O–H groups in total. The number of benzene rings is 1. The molecule has 0 bridgehead atoms. The smallest absolute Gasteiger partial charge is 0.182 e. The number of carbonyl (C=O) groups is 2. The molecular formula is C14H21BF2O5S. The second kappa shape index (κ2) is 8.19. The molecule has 2 atom stereocenters. The molecule has 0 aromatic heterocycles. The third-order valence-electron chi connectivity index (χ3n) is 3.52. The fourth-order valence-electron chi connectivity index (χ4n) is 2.53. The summed E-state index contributed by atoms with van der Waals surface area (Å²) in [7, 11) is -3.71. The van der Waals surface area contributed by atoms with Crippen molar-refractivity contribution in [3.63, 3.8) is 0 Å². The number of carbonyl (C=O) groups excluding carboxylic acids is 2. The van der Waals surface area contributed by atoms with Gasteiger partial charge >= 0.3 is 0 Å². The van der Waals surface area contributed by atoms with Crippen LogP contribution in [0.25, 0.3) is 0 Å². The molecule has 23 heavy (non-hydrogen) atoms. The van der Waals surface area contributed by atoms with Crippen molar-refractivity contribution in [2.24, 2.45) is 5.92 Å². The summed E-state index contributed by atoms with van der Waals surface area (Å²) >= 11 is 0. The van der Waals surface area contributed by atoms with Gasteiger partial charge in [0.2, 0.25) is 0 Å². The van der Waals surface area contributed by atoms with Crippen LogP contribution in [-0.2, 0) is 14.6 Å². The molecule has 2 rings (SSSR count). The predicted octanol–water partition coefficient (Wildman–Crippen LogP) is 0.770. The Morgan fingerprint density at radius 2 is 1.83 bits per heavy atom. The zero-order valence-electron chi connectivity index (χ0n) is 12.4. The molecule has 2 unspecified atom stereocenters. The highest BCUT2D eigenvalue weighted by atomic mass is 32.2. The maximum Gasteiger partial charge on any atom is 0.182 e. The Morgan fingerprint density at radius 3 is 2.30 bits per heavy atom. The zero-order chi connectivity index (χ0) is 15.1. The quantitative estimate of drug-likeness (QED) is 0.595. The second-order valence-corrected chi connectivity index (χ2v) is 7.04. The maximum absolute atomic E-state index is 12.5. The minimum Gasteiger partial charge on any atom is -0.493 e. The van der Waals surface area contributed by atoms with Crippen molar-refractivity contribution in [1.82, 2.24) is 0 Å². The van der Waals surface area contributed by atoms with E-state index in [4.69, 9.17) is 4.74 Å². The highest BCUT2D eigenvalue weighted by Gasteiger charge is 2.46. The van der Waals surface area contributed by atoms with Gasteiger partial charge in [-0.25, -0.2) is 8.42 Å². The van der Waals surface area contributed by atoms with Crippen LogP contribution in [-0.4, -0.2) is 40.3 Å². The van der Waals surface area contributed by atoms with E-state index in [0.717, 1.165) is 0 Å². The van der Waals surface area contributed by atoms with Gasteiger partial charge in [-0.3, -0.25) is 19.0 Å². The van der Waals surface area contributed by atoms with Crippen LogP contribution < -0.4 is 4.74 Å². The third kappa shape index (κ3) is 3.60. The van der Waals surface area contributed by atoms with Crippen molar-refractivity contribution < 1.29 is 32.2 Å². The maximum atomic E-state index is 12.5. The molecule has 5 nitrogen and oxygen atoms in total. The van der Waals surface area contributed by atoms with Gasteiger partial charge in [-0.1, -0.05) is 6.07 Å². The van der Waals surface area contributed by atoms with Crippen molar-refractivity contribution in [2.45, 2.75) is 30.9 Å². The summed E-state index contributed by atoms with van der Waals surface area (Å²) in [5, 5.41) is -1.04. The van der Waals surface area contributed by atoms with E-state index in [2.05, 4.69) is 0 Å². The van der Waals surface area contributed by atoms with Gasteiger partial charge in [0.05, 0.1) is 36.6 Å². The van der Waals surface area contributed by atoms with Crippen LogP contribution in [0.1, 0.15) is 31.1 Å². The van der Waals surface area contributed by atoms with Gasteiger partial charge in [0.15, 0.2) is 15.6 Å². The van der Waals surface area contributed by atoms with Crippen LogP contribution in [0.5, 0.6) is 5.75 Å². The first kappa shape index (κ1) is 23.5. The standard InChI is InChI=1S/C14H16O5S.BH3.2FH/c1-4-19-10-6-5-7-11-13(10)14(16)12(8(2)15)9(3)20(11,17)18;;;/h5-7,9,12H,4H2,1-3H3;1H3;2*1H. The fraction of sp³-hybridized carbons (Fsp3) is 0.429. The Balaban J connectivity index is 0. The first-order chi connectivity index (χ1) is 9.32. The molecular weight excluding hydrogens is 329 g/mol. The number of hydrogen-bond donors (Lipinski definition) is 0. The topological polar surface area (TPSA) is 77.5 Å². The lowest BCUT2D eigenvalue weighted by atomic mass is 9.90. The normalized spacial score (nSPS) is 20.9. The summed E-state index contributed by atoms with van der Waals surface area (Å²) in [5.41, 5.74) is 0.00708. The number of fused-ring (bicyclic) bond motifs is 1. The highest BCUT2D eigenvalue weighted by Crippen LogP contribution is 2.38. The zero-order valence-corrected chi connectivity index (χ0v) is 13.2. The van der Waals surface area contributed by atoms with Crippen molar-refractivity contribution in [3.8, 4) is 5.75 Å². The molecule has 1 aliphatic heterocycles. The van der Waals surface area contributed by atoms with E-state index in [1.807, 2.05) is 0 Å². The summed E-state index contributed by atoms with van der Waals surface area (Å²) in [5.74, 6) is -1.85. The Morgan fingerprint density at radius 1 is 1.26 bits per heavy atom. The van der Waals surface area contributed by atoms with E-state index in [0.29, 0.717) is 6.61 Å². The number of ketones is 2. The highest BCUT2D eigenvalue weighted by molar-refractivity contribution is 7.92. The minimum atomic E-state index is -3.71. The van der Waals surface area contributed by atoms with E-state index in [1.165, 1.54) is 26.0 Å². The second-order valence-electron chi connectivity index (χ2n) is 4.76. The van der Waals surface area contributed by atoms with E-state index in [-0.39, 0.29) is 34.0 Å². The van der Waals surface area contributed by atoms with Crippen LogP contribution in [0.3, 0.4) is 0 Å². The molecule has 1 aromatic rings. The molecule has 130 valence electrons. The molecule has 0 spiro atoms. The predicted molar refractivity (Wildman–Crippen MR) is 87.7 cm³/mol. The largest absolute Gasteiger partial charge is 0.493 e. The number of halogens is 2. The summed E-state index contributed by atoms with van der Waals surface area (Å²) in [6.45, 7) is 4.69. The van der Waals surface area contributed by atoms with Gasteiger partial charge in [0, 0.05) is 0 Å². The van der Waals surface area contributed by atoms with Gasteiger partial charge in [0.25, 0.3) is 0 Å². The molecule has 0 saturated heterocycles. The van der Waals surface area contributed by atoms with E-state index < -0.39 is 32.6 Å². The van der Waals surface area contributed by atoms with Crippen LogP contribution >= 0.6 is 0 Å². The number of hydrogen-bond acceptors (Lipinski definition) is 5. The van der Waals surface area contributed by atoms with E-state index in [9.17, 15) is 18.0 Å². The molecule has 0 fully saturated rings. The molecule has 1 aromatic carbocycles. The molecule has 0 amide bonds. The van der Waals surface area contributed by atoms with Crippen molar-refractivity contribution >= 4 is 29.8 Å². The summed E-state index contributed by atoms with van der Waals surface area (Å²) in [6.07, 6.45) is 0. The Hall–Kier alpha value is -1.77. The van der Waals surface area contributed by atoms with Crippen molar-refractivity contribution in [3.05, 3.63) is 23.8 Å². The van der Waals surface area contributed by atoms with Crippen LogP contribution in [0.2, 0.25) is 0 Å². The van der Waals surface area contributed by atoms with Crippen LogP contribution in [0.4, 0.5) is 9.41 Å². The Bertz CT molecular complexity index is 690. The minimum absolute atomic E-state index is 0. The average molecular weight is 350 g/mol. The first-order valence-corrected chi connectivity index (χ1v) is 7.91. The number of Topliss-reactive ketones (excluding diaryl/α,β-unsaturated/α-hetero) is 2. The van der Waals surface area contributed by atoms with Crippen molar-refractivity contribution in [1.29, 1.82) is 0 Å². The van der Waals surface area contributed by atoms with Gasteiger partial charge in [-0.05, 0) is 32.9 Å². The van der Waals surface area contributed by atoms with E-state index in [1.54, 1.807) is 13.0 Å².